The molecule has 0 spiro atoms. The molecule has 0 bridgehead atoms. The number of carbonyl (C=O) groups excluding carboxylic acids is 1. The predicted molar refractivity (Wildman–Crippen MR) is 75.2 cm³/mol. The molecule has 0 radical (unpaired) electrons. The molecule has 0 heterocycles. The van der Waals surface area contributed by atoms with E-state index in [9.17, 15) is 9.59 Å². The summed E-state index contributed by atoms with van der Waals surface area (Å²) < 4.78 is 0. The van der Waals surface area contributed by atoms with Gasteiger partial charge in [0, 0.05) is 19.6 Å². The molecule has 0 aliphatic rings. The SMILES string of the molecule is CCC(NC(=O)N(CCN(C)C)CC(C)C)C(=O)O. The summed E-state index contributed by atoms with van der Waals surface area (Å²) in [4.78, 5) is 26.7. The number of hydrogen-bond donors (Lipinski definition) is 2. The average molecular weight is 273 g/mol. The minimum atomic E-state index is -0.993. The fourth-order valence-electron chi connectivity index (χ4n) is 1.62. The Morgan fingerprint density at radius 1 is 1.21 bits per heavy atom. The van der Waals surface area contributed by atoms with Gasteiger partial charge < -0.3 is 20.2 Å². The summed E-state index contributed by atoms with van der Waals surface area (Å²) in [6, 6.07) is -1.12. The first-order chi connectivity index (χ1) is 8.77. The number of nitrogens with zero attached hydrogens (tertiary/aromatic N) is 2. The van der Waals surface area contributed by atoms with Crippen molar-refractivity contribution in [1.29, 1.82) is 0 Å². The summed E-state index contributed by atoms with van der Waals surface area (Å²) in [7, 11) is 3.88. The number of carboxylic acids is 1. The summed E-state index contributed by atoms with van der Waals surface area (Å²) in [5.41, 5.74) is 0. The van der Waals surface area contributed by atoms with Crippen molar-refractivity contribution in [3.8, 4) is 0 Å². The van der Waals surface area contributed by atoms with Crippen molar-refractivity contribution in [3.05, 3.63) is 0 Å². The van der Waals surface area contributed by atoms with Gasteiger partial charge in [0.05, 0.1) is 0 Å². The first-order valence-corrected chi connectivity index (χ1v) is 6.70. The maximum absolute atomic E-state index is 12.1. The minimum absolute atomic E-state index is 0.301. The molecule has 2 amide bonds. The molecule has 0 rings (SSSR count). The molecule has 0 aromatic rings. The van der Waals surface area contributed by atoms with Crippen LogP contribution >= 0.6 is 0 Å². The van der Waals surface area contributed by atoms with E-state index in [0.29, 0.717) is 25.4 Å². The van der Waals surface area contributed by atoms with Crippen molar-refractivity contribution >= 4 is 12.0 Å². The van der Waals surface area contributed by atoms with E-state index in [1.165, 1.54) is 0 Å². The summed E-state index contributed by atoms with van der Waals surface area (Å²) in [5.74, 6) is -0.647. The highest BCUT2D eigenvalue weighted by Crippen LogP contribution is 2.01. The Balaban J connectivity index is 4.55. The lowest BCUT2D eigenvalue weighted by molar-refractivity contribution is -0.139. The number of nitrogens with one attached hydrogen (secondary N) is 1. The molecule has 0 aromatic heterocycles. The lowest BCUT2D eigenvalue weighted by atomic mass is 10.2. The van der Waals surface area contributed by atoms with Crippen LogP contribution in [0.25, 0.3) is 0 Å². The van der Waals surface area contributed by atoms with E-state index in [4.69, 9.17) is 5.11 Å². The fourth-order valence-corrected chi connectivity index (χ4v) is 1.62. The van der Waals surface area contributed by atoms with Crippen LogP contribution < -0.4 is 5.32 Å². The summed E-state index contributed by atoms with van der Waals surface area (Å²) in [5, 5.41) is 11.5. The van der Waals surface area contributed by atoms with Gasteiger partial charge in [-0.05, 0) is 26.4 Å². The summed E-state index contributed by atoms with van der Waals surface area (Å²) in [6.45, 7) is 7.77. The molecule has 0 aliphatic heterocycles. The largest absolute Gasteiger partial charge is 0.480 e. The van der Waals surface area contributed by atoms with Crippen LogP contribution in [0.15, 0.2) is 0 Å². The van der Waals surface area contributed by atoms with Gasteiger partial charge in [-0.2, -0.15) is 0 Å². The van der Waals surface area contributed by atoms with Crippen LogP contribution in [0, 0.1) is 5.92 Å². The Labute approximate surface area is 115 Å². The van der Waals surface area contributed by atoms with Gasteiger partial charge in [0.2, 0.25) is 0 Å². The van der Waals surface area contributed by atoms with Crippen molar-refractivity contribution < 1.29 is 14.7 Å². The number of likely N-dealkylation sites (N-methyl/N-ethyl adjacent to an activating group) is 1. The Bertz CT molecular complexity index is 293. The lowest BCUT2D eigenvalue weighted by Crippen LogP contribution is -2.50. The van der Waals surface area contributed by atoms with E-state index in [0.717, 1.165) is 6.54 Å². The standard InChI is InChI=1S/C13H27N3O3/c1-6-11(12(17)18)14-13(19)16(9-10(2)3)8-7-15(4)5/h10-11H,6-9H2,1-5H3,(H,14,19)(H,17,18). The van der Waals surface area contributed by atoms with E-state index in [1.54, 1.807) is 11.8 Å². The Morgan fingerprint density at radius 3 is 2.16 bits per heavy atom. The molecule has 1 unspecified atom stereocenters. The second kappa shape index (κ2) is 8.74. The van der Waals surface area contributed by atoms with Crippen LogP contribution in [-0.2, 0) is 4.79 Å². The second-order valence-electron chi connectivity index (χ2n) is 5.39. The van der Waals surface area contributed by atoms with E-state index in [2.05, 4.69) is 5.32 Å². The first kappa shape index (κ1) is 17.7. The van der Waals surface area contributed by atoms with Gasteiger partial charge in [-0.15, -0.1) is 0 Å². The zero-order chi connectivity index (χ0) is 15.0. The molecule has 19 heavy (non-hydrogen) atoms. The van der Waals surface area contributed by atoms with Crippen LogP contribution in [0.4, 0.5) is 4.79 Å². The van der Waals surface area contributed by atoms with Crippen LogP contribution in [0.1, 0.15) is 27.2 Å². The number of carbonyl (C=O) groups is 2. The third kappa shape index (κ3) is 7.66. The number of aliphatic carboxylic acids is 1. The highest BCUT2D eigenvalue weighted by molar-refractivity contribution is 5.82. The van der Waals surface area contributed by atoms with Crippen molar-refractivity contribution in [2.75, 3.05) is 33.7 Å². The Hall–Kier alpha value is -1.30. The predicted octanol–water partition coefficient (Wildman–Crippen LogP) is 1.08. The molecule has 2 N–H and O–H groups in total. The van der Waals surface area contributed by atoms with E-state index in [1.807, 2.05) is 32.8 Å². The van der Waals surface area contributed by atoms with E-state index < -0.39 is 12.0 Å². The monoisotopic (exact) mass is 273 g/mol. The van der Waals surface area contributed by atoms with Crippen LogP contribution in [0.3, 0.4) is 0 Å². The third-order valence-electron chi connectivity index (χ3n) is 2.69. The quantitative estimate of drug-likeness (QED) is 0.694. The van der Waals surface area contributed by atoms with Crippen molar-refractivity contribution in [1.82, 2.24) is 15.1 Å². The zero-order valence-corrected chi connectivity index (χ0v) is 12.6. The van der Waals surface area contributed by atoms with Gasteiger partial charge in [-0.25, -0.2) is 9.59 Å². The van der Waals surface area contributed by atoms with Gasteiger partial charge in [0.1, 0.15) is 6.04 Å². The molecule has 112 valence electrons. The molecule has 6 heteroatoms. The Kier molecular flexibility index (Phi) is 8.14. The van der Waals surface area contributed by atoms with Crippen LogP contribution in [0.5, 0.6) is 0 Å². The maximum Gasteiger partial charge on any atom is 0.326 e. The molecule has 0 aromatic carbocycles. The van der Waals surface area contributed by atoms with Crippen LogP contribution in [-0.4, -0.2) is 66.7 Å². The maximum atomic E-state index is 12.1. The van der Waals surface area contributed by atoms with Gasteiger partial charge in [-0.1, -0.05) is 20.8 Å². The molecule has 0 aliphatic carbocycles. The molecule has 0 saturated carbocycles. The van der Waals surface area contributed by atoms with Gasteiger partial charge in [0.15, 0.2) is 0 Å². The molecular formula is C13H27N3O3. The first-order valence-electron chi connectivity index (χ1n) is 6.70. The van der Waals surface area contributed by atoms with E-state index in [-0.39, 0.29) is 6.03 Å². The number of hydrogen-bond acceptors (Lipinski definition) is 3. The van der Waals surface area contributed by atoms with Crippen molar-refractivity contribution in [3.63, 3.8) is 0 Å². The van der Waals surface area contributed by atoms with Gasteiger partial charge in [-0.3, -0.25) is 0 Å². The summed E-state index contributed by atoms with van der Waals surface area (Å²) >= 11 is 0. The normalized spacial score (nSPS) is 12.6. The topological polar surface area (TPSA) is 72.9 Å². The second-order valence-corrected chi connectivity index (χ2v) is 5.39. The average Bonchev–Trinajstić information content (AvgIpc) is 2.29. The number of amides is 2. The molecular weight excluding hydrogens is 246 g/mol. The molecule has 0 saturated heterocycles. The van der Waals surface area contributed by atoms with Crippen molar-refractivity contribution in [2.45, 2.75) is 33.2 Å². The minimum Gasteiger partial charge on any atom is -0.480 e. The van der Waals surface area contributed by atoms with Gasteiger partial charge in [0.25, 0.3) is 0 Å². The highest BCUT2D eigenvalue weighted by Gasteiger charge is 2.21. The fraction of sp³-hybridized carbons (Fsp3) is 0.846. The highest BCUT2D eigenvalue weighted by atomic mass is 16.4. The smallest absolute Gasteiger partial charge is 0.326 e. The Morgan fingerprint density at radius 2 is 1.79 bits per heavy atom. The van der Waals surface area contributed by atoms with Crippen LogP contribution in [0.2, 0.25) is 0 Å². The van der Waals surface area contributed by atoms with E-state index >= 15 is 0 Å². The molecule has 0 fully saturated rings. The van der Waals surface area contributed by atoms with Gasteiger partial charge >= 0.3 is 12.0 Å². The number of carboxylic acid groups (broad SMARTS) is 1. The molecule has 1 atom stereocenters. The van der Waals surface area contributed by atoms with Crippen molar-refractivity contribution in [2.24, 2.45) is 5.92 Å². The molecule has 6 nitrogen and oxygen atoms in total. The lowest BCUT2D eigenvalue weighted by Gasteiger charge is -2.27. The third-order valence-corrected chi connectivity index (χ3v) is 2.69. The number of urea groups is 1. The number of rotatable bonds is 8. The zero-order valence-electron chi connectivity index (χ0n) is 12.6. The summed E-state index contributed by atoms with van der Waals surface area (Å²) in [6.07, 6.45) is 0.379.